The molecule has 0 saturated carbocycles. The van der Waals surface area contributed by atoms with E-state index in [-0.39, 0.29) is 31.1 Å². The quantitative estimate of drug-likeness (QED) is 0.0261. The maximum atomic E-state index is 12.9. The maximum Gasteiger partial charge on any atom is 0.306 e. The van der Waals surface area contributed by atoms with Crippen molar-refractivity contribution >= 4 is 17.9 Å². The summed E-state index contributed by atoms with van der Waals surface area (Å²) in [6.45, 7) is 6.39. The number of unbranched alkanes of at least 4 members (excludes halogenated alkanes) is 27. The highest BCUT2D eigenvalue weighted by molar-refractivity contribution is 5.71. The first-order valence-corrected chi connectivity index (χ1v) is 32.5. The van der Waals surface area contributed by atoms with E-state index in [1.165, 1.54) is 135 Å². The Morgan fingerprint density at radius 2 is 0.500 bits per heavy atom. The van der Waals surface area contributed by atoms with Crippen molar-refractivity contribution in [2.45, 2.75) is 303 Å². The van der Waals surface area contributed by atoms with Crippen LogP contribution in [0.1, 0.15) is 297 Å². The van der Waals surface area contributed by atoms with Crippen molar-refractivity contribution in [1.82, 2.24) is 0 Å². The SMILES string of the molecule is CC/C=C\C/C=C\C/C=C\C/C=C\C/C=C\C/C=C\CCCCCCCCCCCCC(=O)OCC(COC(=O)CCCCCCCCCC)OC(=O)CCCCCCCCCCCC/C=C\C/C=C\C/C=C\C/C=C\CC. The van der Waals surface area contributed by atoms with Crippen molar-refractivity contribution < 1.29 is 28.6 Å². The van der Waals surface area contributed by atoms with Crippen LogP contribution in [0.5, 0.6) is 0 Å². The average Bonchev–Trinajstić information content (AvgIpc) is 3.44. The van der Waals surface area contributed by atoms with Gasteiger partial charge in [0.25, 0.3) is 0 Å². The molecule has 0 spiro atoms. The normalized spacial score (nSPS) is 12.9. The second-order valence-electron chi connectivity index (χ2n) is 21.3. The summed E-state index contributed by atoms with van der Waals surface area (Å²) in [7, 11) is 0. The van der Waals surface area contributed by atoms with E-state index in [1.807, 2.05) is 0 Å². The van der Waals surface area contributed by atoms with Crippen LogP contribution in [-0.4, -0.2) is 37.2 Å². The van der Waals surface area contributed by atoms with Crippen LogP contribution in [0.3, 0.4) is 0 Å². The molecule has 0 saturated heterocycles. The molecule has 0 bridgehead atoms. The fraction of sp³-hybridized carbons (Fsp3) is 0.681. The molecule has 0 heterocycles. The molecule has 1 atom stereocenters. The smallest absolute Gasteiger partial charge is 0.306 e. The lowest BCUT2D eigenvalue weighted by Crippen LogP contribution is -2.30. The van der Waals surface area contributed by atoms with Gasteiger partial charge in [0.2, 0.25) is 0 Å². The Morgan fingerprint density at radius 1 is 0.269 bits per heavy atom. The number of rotatable bonds is 58. The standard InChI is InChI=1S/C72H120O6/c1-4-7-10-13-16-19-21-23-25-27-29-31-33-34-35-36-37-38-40-41-43-45-47-49-51-53-56-59-62-65-71(74)77-68-69(67-76-70(73)64-61-58-55-18-15-12-9-6-3)78-72(75)66-63-60-57-54-52-50-48-46-44-42-39-32-30-28-26-24-22-20-17-14-11-8-5-2/h7-8,10-11,16-17,19-20,23-26,29-32,34-35,37-38,69H,4-6,9,12-15,18,21-22,27-28,33,36,39-68H2,1-3H3/b10-7-,11-8-,19-16-,20-17-,25-23-,26-24-,31-29-,32-30-,35-34-,38-37-. The van der Waals surface area contributed by atoms with E-state index in [0.717, 1.165) is 122 Å². The number of hydrogen-bond donors (Lipinski definition) is 0. The zero-order valence-corrected chi connectivity index (χ0v) is 50.9. The van der Waals surface area contributed by atoms with Gasteiger partial charge in [-0.3, -0.25) is 14.4 Å². The second-order valence-corrected chi connectivity index (χ2v) is 21.3. The van der Waals surface area contributed by atoms with E-state index >= 15 is 0 Å². The van der Waals surface area contributed by atoms with Crippen LogP contribution < -0.4 is 0 Å². The Labute approximate surface area is 482 Å². The highest BCUT2D eigenvalue weighted by Gasteiger charge is 2.19. The van der Waals surface area contributed by atoms with Crippen LogP contribution in [-0.2, 0) is 28.6 Å². The number of carbonyl (C=O) groups is 3. The highest BCUT2D eigenvalue weighted by atomic mass is 16.6. The van der Waals surface area contributed by atoms with Gasteiger partial charge in [-0.15, -0.1) is 0 Å². The monoisotopic (exact) mass is 1080 g/mol. The van der Waals surface area contributed by atoms with Gasteiger partial charge in [-0.05, 0) is 109 Å². The summed E-state index contributed by atoms with van der Waals surface area (Å²) in [5.41, 5.74) is 0. The van der Waals surface area contributed by atoms with E-state index in [1.54, 1.807) is 0 Å². The molecule has 1 unspecified atom stereocenters. The number of ether oxygens (including phenoxy) is 3. The summed E-state index contributed by atoms with van der Waals surface area (Å²) in [6, 6.07) is 0. The minimum absolute atomic E-state index is 0.0806. The highest BCUT2D eigenvalue weighted by Crippen LogP contribution is 2.16. The predicted octanol–water partition coefficient (Wildman–Crippen LogP) is 22.4. The molecule has 0 aromatic heterocycles. The molecule has 0 aromatic rings. The molecule has 78 heavy (non-hydrogen) atoms. The first kappa shape index (κ1) is 73.8. The van der Waals surface area contributed by atoms with E-state index < -0.39 is 6.10 Å². The van der Waals surface area contributed by atoms with Crippen molar-refractivity contribution in [3.8, 4) is 0 Å². The molecule has 0 amide bonds. The number of carbonyl (C=O) groups excluding carboxylic acids is 3. The molecule has 0 aliphatic rings. The van der Waals surface area contributed by atoms with Crippen LogP contribution >= 0.6 is 0 Å². The van der Waals surface area contributed by atoms with Gasteiger partial charge in [-0.1, -0.05) is 290 Å². The zero-order valence-electron chi connectivity index (χ0n) is 50.9. The van der Waals surface area contributed by atoms with Gasteiger partial charge in [-0.2, -0.15) is 0 Å². The summed E-state index contributed by atoms with van der Waals surface area (Å²) in [5, 5.41) is 0. The van der Waals surface area contributed by atoms with E-state index in [2.05, 4.69) is 142 Å². The first-order valence-electron chi connectivity index (χ1n) is 32.5. The van der Waals surface area contributed by atoms with Crippen LogP contribution in [0.15, 0.2) is 122 Å². The molecular weight excluding hydrogens is 961 g/mol. The van der Waals surface area contributed by atoms with Gasteiger partial charge in [0, 0.05) is 19.3 Å². The summed E-state index contributed by atoms with van der Waals surface area (Å²) < 4.78 is 16.9. The van der Waals surface area contributed by atoms with Crippen molar-refractivity contribution in [2.24, 2.45) is 0 Å². The van der Waals surface area contributed by atoms with E-state index in [4.69, 9.17) is 14.2 Å². The van der Waals surface area contributed by atoms with Gasteiger partial charge in [-0.25, -0.2) is 0 Å². The Kier molecular flexibility index (Phi) is 61.8. The minimum Gasteiger partial charge on any atom is -0.462 e. The van der Waals surface area contributed by atoms with Gasteiger partial charge < -0.3 is 14.2 Å². The van der Waals surface area contributed by atoms with Crippen LogP contribution in [0, 0.1) is 0 Å². The van der Waals surface area contributed by atoms with Gasteiger partial charge >= 0.3 is 17.9 Å². The van der Waals surface area contributed by atoms with Crippen molar-refractivity contribution in [1.29, 1.82) is 0 Å². The fourth-order valence-electron chi connectivity index (χ4n) is 8.91. The topological polar surface area (TPSA) is 78.9 Å². The average molecular weight is 1080 g/mol. The predicted molar refractivity (Wildman–Crippen MR) is 339 cm³/mol. The fourth-order valence-corrected chi connectivity index (χ4v) is 8.91. The molecule has 0 aromatic carbocycles. The van der Waals surface area contributed by atoms with E-state index in [0.29, 0.717) is 19.3 Å². The molecule has 0 N–H and O–H groups in total. The van der Waals surface area contributed by atoms with Crippen molar-refractivity contribution in [3.05, 3.63) is 122 Å². The lowest BCUT2D eigenvalue weighted by molar-refractivity contribution is -0.167. The lowest BCUT2D eigenvalue weighted by Gasteiger charge is -2.18. The Hall–Kier alpha value is -4.19. The van der Waals surface area contributed by atoms with Crippen LogP contribution in [0.2, 0.25) is 0 Å². The Balaban J connectivity index is 4.19. The van der Waals surface area contributed by atoms with Gasteiger partial charge in [0.05, 0.1) is 0 Å². The molecular formula is C72H120O6. The van der Waals surface area contributed by atoms with Crippen LogP contribution in [0.4, 0.5) is 0 Å². The lowest BCUT2D eigenvalue weighted by atomic mass is 10.0. The van der Waals surface area contributed by atoms with E-state index in [9.17, 15) is 14.4 Å². The number of esters is 3. The third-order valence-electron chi connectivity index (χ3n) is 13.7. The number of hydrogen-bond acceptors (Lipinski definition) is 6. The van der Waals surface area contributed by atoms with Gasteiger partial charge in [0.1, 0.15) is 13.2 Å². The third kappa shape index (κ3) is 62.7. The third-order valence-corrected chi connectivity index (χ3v) is 13.7. The van der Waals surface area contributed by atoms with Crippen molar-refractivity contribution in [2.75, 3.05) is 13.2 Å². The molecule has 0 rings (SSSR count). The van der Waals surface area contributed by atoms with Gasteiger partial charge in [0.15, 0.2) is 6.10 Å². The largest absolute Gasteiger partial charge is 0.462 e. The summed E-state index contributed by atoms with van der Waals surface area (Å²) in [5.74, 6) is -0.888. The summed E-state index contributed by atoms with van der Waals surface area (Å²) in [6.07, 6.45) is 90.8. The van der Waals surface area contributed by atoms with Crippen LogP contribution in [0.25, 0.3) is 0 Å². The number of allylic oxidation sites excluding steroid dienone is 20. The summed E-state index contributed by atoms with van der Waals surface area (Å²) >= 11 is 0. The molecule has 0 aliphatic heterocycles. The Morgan fingerprint density at radius 3 is 0.782 bits per heavy atom. The molecule has 6 heteroatoms. The van der Waals surface area contributed by atoms with Crippen molar-refractivity contribution in [3.63, 3.8) is 0 Å². The zero-order chi connectivity index (χ0) is 56.4. The molecule has 6 nitrogen and oxygen atoms in total. The second kappa shape index (κ2) is 65.3. The Bertz CT molecular complexity index is 1620. The maximum absolute atomic E-state index is 12.9. The molecule has 444 valence electrons. The molecule has 0 aliphatic carbocycles. The summed E-state index contributed by atoms with van der Waals surface area (Å²) in [4.78, 5) is 38.2. The molecule has 0 fully saturated rings. The first-order chi connectivity index (χ1) is 38.5. The minimum atomic E-state index is -0.783. The molecule has 0 radical (unpaired) electrons.